The van der Waals surface area contributed by atoms with Crippen LogP contribution in [-0.2, 0) is 19.8 Å². The number of nitrogens with zero attached hydrogens (tertiary/aromatic N) is 2. The first-order chi connectivity index (χ1) is 34.6. The molecule has 71 heavy (non-hydrogen) atoms. The van der Waals surface area contributed by atoms with E-state index in [1.54, 1.807) is 18.2 Å². The highest BCUT2D eigenvalue weighted by molar-refractivity contribution is 6.09. The van der Waals surface area contributed by atoms with Crippen molar-refractivity contribution in [1.82, 2.24) is 9.97 Å². The van der Waals surface area contributed by atoms with Gasteiger partial charge in [-0.3, -0.25) is 0 Å². The van der Waals surface area contributed by atoms with Crippen molar-refractivity contribution in [3.8, 4) is 51.3 Å². The Bertz CT molecular complexity index is 3860. The zero-order valence-electron chi connectivity index (χ0n) is 38.9. The fraction of sp³-hybridized carbons (Fsp3) is 0.100. The van der Waals surface area contributed by atoms with Crippen molar-refractivity contribution in [3.05, 3.63) is 208 Å². The van der Waals surface area contributed by atoms with E-state index >= 15 is 0 Å². The first kappa shape index (κ1) is 44.3. The smallest absolute Gasteiger partial charge is 0.336 e. The van der Waals surface area contributed by atoms with Crippen molar-refractivity contribution in [3.63, 3.8) is 0 Å². The number of rotatable bonds is 14. The van der Waals surface area contributed by atoms with Gasteiger partial charge in [-0.2, -0.15) is 0 Å². The van der Waals surface area contributed by atoms with E-state index in [2.05, 4.69) is 0 Å². The lowest BCUT2D eigenvalue weighted by atomic mass is 9.99. The summed E-state index contributed by atoms with van der Waals surface area (Å²) in [6, 6.07) is 51.2. The molecule has 348 valence electrons. The molecule has 0 aliphatic heterocycles. The lowest BCUT2D eigenvalue weighted by Gasteiger charge is -2.16. The van der Waals surface area contributed by atoms with Gasteiger partial charge in [-0.15, -0.1) is 0 Å². The molecule has 0 saturated carbocycles. The number of aromatic nitrogens is 2. The summed E-state index contributed by atoms with van der Waals surface area (Å²) in [4.78, 5) is 36.1. The molecule has 11 rings (SSSR count). The van der Waals surface area contributed by atoms with Gasteiger partial charge >= 0.3 is 11.9 Å². The van der Waals surface area contributed by atoms with Crippen molar-refractivity contribution in [2.75, 3.05) is 0 Å². The molecule has 7 aromatic carbocycles. The van der Waals surface area contributed by atoms with Crippen LogP contribution in [0.15, 0.2) is 173 Å². The first-order valence-corrected chi connectivity index (χ1v) is 23.0. The molecule has 4 heterocycles. The fourth-order valence-electron chi connectivity index (χ4n) is 9.17. The lowest BCUT2D eigenvalue weighted by Crippen LogP contribution is -2.05. The minimum atomic E-state index is -1.15. The molecular formula is C60H44N2O9. The topological polar surface area (TPSA) is 154 Å². The highest BCUT2D eigenvalue weighted by Crippen LogP contribution is 2.43. The Kier molecular flexibility index (Phi) is 11.5. The molecule has 0 radical (unpaired) electrons. The lowest BCUT2D eigenvalue weighted by molar-refractivity contribution is 0.0688. The number of benzene rings is 7. The summed E-state index contributed by atoms with van der Waals surface area (Å²) in [5.74, 6) is -0.134. The maximum Gasteiger partial charge on any atom is 0.336 e. The Morgan fingerprint density at radius 2 is 0.958 bits per heavy atom. The predicted octanol–water partition coefficient (Wildman–Crippen LogP) is 14.3. The van der Waals surface area contributed by atoms with Crippen LogP contribution in [0.3, 0.4) is 0 Å². The van der Waals surface area contributed by atoms with Crippen LogP contribution in [0.5, 0.6) is 17.2 Å². The molecule has 0 unspecified atom stereocenters. The van der Waals surface area contributed by atoms with Crippen LogP contribution in [0.4, 0.5) is 0 Å². The van der Waals surface area contributed by atoms with E-state index in [9.17, 15) is 19.8 Å². The molecule has 11 nitrogen and oxygen atoms in total. The number of hydrogen-bond acceptors (Lipinski definition) is 9. The van der Waals surface area contributed by atoms with Crippen LogP contribution >= 0.6 is 0 Å². The molecule has 0 aliphatic rings. The van der Waals surface area contributed by atoms with E-state index in [1.807, 2.05) is 160 Å². The third-order valence-corrected chi connectivity index (χ3v) is 12.8. The SMILES string of the molecule is Cc1ccc2nc(-c3oc4ccc(-c5ccc6oc(-c7cc(C(=O)O)c8c(OCc9ccccc9)ccc(OCc9ccccc9)c8n7)c(C)c6c5)cc4c3C)cc(C(=O)O)c2c1OCc1ccccc1. The molecule has 0 aliphatic carbocycles. The highest BCUT2D eigenvalue weighted by Gasteiger charge is 2.25. The van der Waals surface area contributed by atoms with E-state index in [0.717, 1.165) is 55.3 Å². The second-order valence-electron chi connectivity index (χ2n) is 17.5. The molecule has 11 heteroatoms. The molecule has 0 bridgehead atoms. The second-order valence-corrected chi connectivity index (χ2v) is 17.5. The van der Waals surface area contributed by atoms with Crippen molar-refractivity contribution in [2.45, 2.75) is 40.6 Å². The number of aryl methyl sites for hydroxylation is 3. The van der Waals surface area contributed by atoms with Crippen molar-refractivity contribution in [1.29, 1.82) is 0 Å². The average molecular weight is 937 g/mol. The largest absolute Gasteiger partial charge is 0.488 e. The standard InChI is InChI=1S/C60H44N2O9/c1-34-19-22-46-53(56(34)69-33-39-17-11-6-12-18-39)44(59(63)64)29-47(61-46)57-35(2)42-27-40(20-23-49(42)70-57)41-21-24-50-43(28-41)36(3)58(71-50)48-30-45(60(65)66)54-51(67-31-37-13-7-4-8-14-37)25-26-52(55(54)62-48)68-32-38-15-9-5-10-16-38/h4-30H,31-33H2,1-3H3,(H,63,64)(H,65,66). The van der Waals surface area contributed by atoms with Gasteiger partial charge in [0.05, 0.1) is 27.4 Å². The molecule has 0 fully saturated rings. The van der Waals surface area contributed by atoms with Crippen LogP contribution in [0.25, 0.3) is 77.8 Å². The summed E-state index contributed by atoms with van der Waals surface area (Å²) < 4.78 is 31.8. The minimum Gasteiger partial charge on any atom is -0.488 e. The van der Waals surface area contributed by atoms with Gasteiger partial charge in [0.15, 0.2) is 11.5 Å². The van der Waals surface area contributed by atoms with Crippen LogP contribution in [0.1, 0.15) is 54.1 Å². The number of furan rings is 2. The van der Waals surface area contributed by atoms with Crippen molar-refractivity contribution >= 4 is 55.7 Å². The van der Waals surface area contributed by atoms with Gasteiger partial charge in [0.2, 0.25) is 0 Å². The predicted molar refractivity (Wildman–Crippen MR) is 273 cm³/mol. The van der Waals surface area contributed by atoms with Gasteiger partial charge in [0.25, 0.3) is 0 Å². The quantitative estimate of drug-likeness (QED) is 0.107. The summed E-state index contributed by atoms with van der Waals surface area (Å²) in [6.07, 6.45) is 0. The molecule has 0 saturated heterocycles. The molecule has 0 spiro atoms. The van der Waals surface area contributed by atoms with Gasteiger partial charge < -0.3 is 33.3 Å². The molecule has 2 N–H and O–H groups in total. The van der Waals surface area contributed by atoms with E-state index < -0.39 is 11.9 Å². The van der Waals surface area contributed by atoms with Gasteiger partial charge in [0, 0.05) is 21.9 Å². The van der Waals surface area contributed by atoms with E-state index in [4.69, 9.17) is 33.0 Å². The molecule has 4 aromatic heterocycles. The van der Waals surface area contributed by atoms with Crippen LogP contribution in [-0.4, -0.2) is 32.1 Å². The zero-order valence-corrected chi connectivity index (χ0v) is 38.9. The van der Waals surface area contributed by atoms with E-state index in [-0.39, 0.29) is 30.9 Å². The Labute approximate surface area is 407 Å². The third kappa shape index (κ3) is 8.44. The Morgan fingerprint density at radius 3 is 1.48 bits per heavy atom. The minimum absolute atomic E-state index is 0.00676. The van der Waals surface area contributed by atoms with Gasteiger partial charge in [0.1, 0.15) is 65.1 Å². The van der Waals surface area contributed by atoms with Gasteiger partial charge in [-0.1, -0.05) is 109 Å². The number of carboxylic acids is 2. The third-order valence-electron chi connectivity index (χ3n) is 12.8. The van der Waals surface area contributed by atoms with Crippen LogP contribution in [0, 0.1) is 20.8 Å². The number of ether oxygens (including phenoxy) is 3. The monoisotopic (exact) mass is 936 g/mol. The Morgan fingerprint density at radius 1 is 0.493 bits per heavy atom. The van der Waals surface area contributed by atoms with E-state index in [1.165, 1.54) is 6.07 Å². The Hall–Kier alpha value is -9.22. The first-order valence-electron chi connectivity index (χ1n) is 23.0. The average Bonchev–Trinajstić information content (AvgIpc) is 3.91. The Balaban J connectivity index is 0.950. The maximum absolute atomic E-state index is 13.2. The zero-order chi connectivity index (χ0) is 48.8. The van der Waals surface area contributed by atoms with Crippen molar-refractivity contribution in [2.24, 2.45) is 0 Å². The maximum atomic E-state index is 13.2. The van der Waals surface area contributed by atoms with Crippen molar-refractivity contribution < 1.29 is 42.8 Å². The number of aromatic carboxylic acids is 2. The number of hydrogen-bond donors (Lipinski definition) is 2. The fourth-order valence-corrected chi connectivity index (χ4v) is 9.17. The summed E-state index contributed by atoms with van der Waals surface area (Å²) in [5, 5.41) is 23.7. The summed E-state index contributed by atoms with van der Waals surface area (Å²) in [7, 11) is 0. The number of carboxylic acid groups (broad SMARTS) is 2. The summed E-state index contributed by atoms with van der Waals surface area (Å²) in [5.41, 5.74) is 9.83. The molecule has 11 aromatic rings. The molecule has 0 atom stereocenters. The summed E-state index contributed by atoms with van der Waals surface area (Å²) >= 11 is 0. The summed E-state index contributed by atoms with van der Waals surface area (Å²) in [6.45, 7) is 6.50. The number of pyridine rings is 2. The molecular weight excluding hydrogens is 893 g/mol. The normalized spacial score (nSPS) is 11.4. The second kappa shape index (κ2) is 18.4. The number of fused-ring (bicyclic) bond motifs is 4. The van der Waals surface area contributed by atoms with E-state index in [0.29, 0.717) is 73.1 Å². The number of carbonyl (C=O) groups is 2. The van der Waals surface area contributed by atoms with Gasteiger partial charge in [-0.05, 0) is 109 Å². The van der Waals surface area contributed by atoms with Gasteiger partial charge in [-0.25, -0.2) is 19.6 Å². The highest BCUT2D eigenvalue weighted by atomic mass is 16.5. The van der Waals surface area contributed by atoms with Crippen LogP contribution < -0.4 is 14.2 Å². The van der Waals surface area contributed by atoms with Crippen LogP contribution in [0.2, 0.25) is 0 Å². The molecule has 0 amide bonds.